The summed E-state index contributed by atoms with van der Waals surface area (Å²) in [6, 6.07) is 3.50. The van der Waals surface area contributed by atoms with Crippen molar-refractivity contribution in [2.24, 2.45) is 5.73 Å². The van der Waals surface area contributed by atoms with Crippen LogP contribution in [0.5, 0.6) is 5.75 Å². The van der Waals surface area contributed by atoms with Crippen LogP contribution in [0.1, 0.15) is 37.0 Å². The molecule has 0 aliphatic carbocycles. The normalized spacial score (nSPS) is 12.9. The van der Waals surface area contributed by atoms with Crippen LogP contribution in [0.15, 0.2) is 12.1 Å². The van der Waals surface area contributed by atoms with Crippen molar-refractivity contribution in [3.63, 3.8) is 0 Å². The number of ether oxygens (including phenoxy) is 1. The van der Waals surface area contributed by atoms with Gasteiger partial charge in [0, 0.05) is 17.1 Å². The van der Waals surface area contributed by atoms with Crippen LogP contribution < -0.4 is 10.5 Å². The van der Waals surface area contributed by atoms with Gasteiger partial charge in [0.1, 0.15) is 5.75 Å². The molecule has 1 unspecified atom stereocenters. The van der Waals surface area contributed by atoms with Gasteiger partial charge in [-0.3, -0.25) is 0 Å². The van der Waals surface area contributed by atoms with Crippen molar-refractivity contribution in [1.29, 1.82) is 0 Å². The van der Waals surface area contributed by atoms with Crippen LogP contribution in [0, 0.1) is 0 Å². The number of aliphatic hydroxyl groups is 1. The smallest absolute Gasteiger partial charge is 0.124 e. The molecular weight excluding hydrogens is 226 g/mol. The molecule has 0 spiro atoms. The molecule has 16 heavy (non-hydrogen) atoms. The number of hydrogen-bond donors (Lipinski definition) is 2. The number of nitrogens with two attached hydrogens (primary N) is 1. The Morgan fingerprint density at radius 3 is 2.50 bits per heavy atom. The van der Waals surface area contributed by atoms with Gasteiger partial charge in [-0.1, -0.05) is 25.4 Å². The lowest BCUT2D eigenvalue weighted by Gasteiger charge is -2.20. The Morgan fingerprint density at radius 2 is 2.06 bits per heavy atom. The Hall–Kier alpha value is -0.770. The molecule has 4 heteroatoms. The molecule has 0 heterocycles. The molecule has 1 rings (SSSR count). The molecular formula is C12H18ClNO2. The van der Waals surface area contributed by atoms with Crippen molar-refractivity contribution in [2.75, 3.05) is 13.7 Å². The molecule has 0 saturated carbocycles. The fourth-order valence-corrected chi connectivity index (χ4v) is 2.02. The highest BCUT2D eigenvalue weighted by molar-refractivity contribution is 6.30. The number of aliphatic hydroxyl groups excluding tert-OH is 1. The predicted molar refractivity (Wildman–Crippen MR) is 66.1 cm³/mol. The highest BCUT2D eigenvalue weighted by atomic mass is 35.5. The van der Waals surface area contributed by atoms with E-state index in [2.05, 4.69) is 0 Å². The number of benzene rings is 1. The number of rotatable bonds is 4. The second-order valence-corrected chi connectivity index (χ2v) is 4.45. The van der Waals surface area contributed by atoms with E-state index in [0.717, 1.165) is 11.1 Å². The van der Waals surface area contributed by atoms with Crippen molar-refractivity contribution in [3.8, 4) is 5.75 Å². The van der Waals surface area contributed by atoms with Crippen molar-refractivity contribution < 1.29 is 9.84 Å². The Morgan fingerprint density at radius 1 is 1.44 bits per heavy atom. The molecule has 0 radical (unpaired) electrons. The number of halogens is 1. The minimum absolute atomic E-state index is 0.170. The molecule has 1 aromatic carbocycles. The Kier molecular flexibility index (Phi) is 4.59. The first-order chi connectivity index (χ1) is 7.51. The van der Waals surface area contributed by atoms with Crippen molar-refractivity contribution in [3.05, 3.63) is 28.3 Å². The second kappa shape index (κ2) is 5.53. The monoisotopic (exact) mass is 243 g/mol. The van der Waals surface area contributed by atoms with Gasteiger partial charge in [0.05, 0.1) is 13.2 Å². The molecule has 0 saturated heterocycles. The number of methoxy groups -OCH3 is 1. The van der Waals surface area contributed by atoms with E-state index in [1.165, 1.54) is 0 Å². The molecule has 0 aliphatic rings. The van der Waals surface area contributed by atoms with Gasteiger partial charge in [0.2, 0.25) is 0 Å². The van der Waals surface area contributed by atoms with Crippen LogP contribution in [0.3, 0.4) is 0 Å². The van der Waals surface area contributed by atoms with Gasteiger partial charge < -0.3 is 15.6 Å². The van der Waals surface area contributed by atoms with E-state index < -0.39 is 6.10 Å². The van der Waals surface area contributed by atoms with Gasteiger partial charge >= 0.3 is 0 Å². The summed E-state index contributed by atoms with van der Waals surface area (Å²) in [4.78, 5) is 0. The predicted octanol–water partition coefficient (Wildman–Crippen LogP) is 2.46. The highest BCUT2D eigenvalue weighted by Crippen LogP contribution is 2.35. The lowest BCUT2D eigenvalue weighted by Crippen LogP contribution is -2.14. The summed E-state index contributed by atoms with van der Waals surface area (Å²) in [5.41, 5.74) is 7.20. The van der Waals surface area contributed by atoms with Crippen molar-refractivity contribution >= 4 is 11.6 Å². The Labute approximate surface area is 101 Å². The fourth-order valence-electron chi connectivity index (χ4n) is 1.80. The maximum atomic E-state index is 9.86. The summed E-state index contributed by atoms with van der Waals surface area (Å²) in [6.07, 6.45) is -0.704. The van der Waals surface area contributed by atoms with Gasteiger partial charge in [0.25, 0.3) is 0 Å². The molecule has 0 fully saturated rings. The van der Waals surface area contributed by atoms with Crippen LogP contribution >= 0.6 is 11.6 Å². The summed E-state index contributed by atoms with van der Waals surface area (Å²) in [5.74, 6) is 0.938. The fraction of sp³-hybridized carbons (Fsp3) is 0.500. The topological polar surface area (TPSA) is 55.5 Å². The maximum absolute atomic E-state index is 9.86. The summed E-state index contributed by atoms with van der Waals surface area (Å²) in [7, 11) is 1.59. The highest BCUT2D eigenvalue weighted by Gasteiger charge is 2.18. The maximum Gasteiger partial charge on any atom is 0.124 e. The van der Waals surface area contributed by atoms with E-state index in [1.54, 1.807) is 19.2 Å². The molecule has 0 amide bonds. The molecule has 3 nitrogen and oxygen atoms in total. The molecule has 1 aromatic rings. The average molecular weight is 244 g/mol. The van der Waals surface area contributed by atoms with Gasteiger partial charge in [-0.2, -0.15) is 0 Å². The van der Waals surface area contributed by atoms with Crippen molar-refractivity contribution in [1.82, 2.24) is 0 Å². The van der Waals surface area contributed by atoms with Gasteiger partial charge in [-0.05, 0) is 23.6 Å². The lowest BCUT2D eigenvalue weighted by atomic mass is 9.93. The van der Waals surface area contributed by atoms with Gasteiger partial charge in [0.15, 0.2) is 0 Å². The summed E-state index contributed by atoms with van der Waals surface area (Å²) >= 11 is 5.97. The van der Waals surface area contributed by atoms with E-state index in [-0.39, 0.29) is 12.5 Å². The minimum atomic E-state index is -0.704. The van der Waals surface area contributed by atoms with E-state index >= 15 is 0 Å². The zero-order chi connectivity index (χ0) is 12.3. The molecule has 0 aliphatic heterocycles. The van der Waals surface area contributed by atoms with Gasteiger partial charge in [-0.25, -0.2) is 0 Å². The average Bonchev–Trinajstić information content (AvgIpc) is 2.26. The molecule has 90 valence electrons. The first-order valence-corrected chi connectivity index (χ1v) is 5.64. The molecule has 0 aromatic heterocycles. The summed E-state index contributed by atoms with van der Waals surface area (Å²) < 4.78 is 5.29. The third-order valence-corrected chi connectivity index (χ3v) is 2.74. The second-order valence-electron chi connectivity index (χ2n) is 4.02. The van der Waals surface area contributed by atoms with E-state index in [0.29, 0.717) is 10.8 Å². The largest absolute Gasteiger partial charge is 0.496 e. The quantitative estimate of drug-likeness (QED) is 0.854. The third kappa shape index (κ3) is 2.67. The standard InChI is InChI=1S/C12H18ClNO2/c1-7(2)12-9(10(15)6-14)4-8(13)5-11(12)16-3/h4-5,7,10,15H,6,14H2,1-3H3. The van der Waals surface area contributed by atoms with E-state index in [1.807, 2.05) is 13.8 Å². The van der Waals surface area contributed by atoms with Crippen LogP contribution in [-0.4, -0.2) is 18.8 Å². The molecule has 1 atom stereocenters. The van der Waals surface area contributed by atoms with Crippen LogP contribution in [0.2, 0.25) is 5.02 Å². The zero-order valence-electron chi connectivity index (χ0n) is 9.83. The zero-order valence-corrected chi connectivity index (χ0v) is 10.6. The lowest BCUT2D eigenvalue weighted by molar-refractivity contribution is 0.184. The van der Waals surface area contributed by atoms with E-state index in [4.69, 9.17) is 22.1 Å². The molecule has 3 N–H and O–H groups in total. The van der Waals surface area contributed by atoms with Crippen LogP contribution in [0.4, 0.5) is 0 Å². The Balaban J connectivity index is 3.38. The Bertz CT molecular complexity index is 366. The van der Waals surface area contributed by atoms with Crippen LogP contribution in [0.25, 0.3) is 0 Å². The third-order valence-electron chi connectivity index (χ3n) is 2.52. The van der Waals surface area contributed by atoms with Crippen LogP contribution in [-0.2, 0) is 0 Å². The summed E-state index contributed by atoms with van der Waals surface area (Å²) in [6.45, 7) is 4.25. The number of hydrogen-bond acceptors (Lipinski definition) is 3. The van der Waals surface area contributed by atoms with Gasteiger partial charge in [-0.15, -0.1) is 0 Å². The van der Waals surface area contributed by atoms with E-state index in [9.17, 15) is 5.11 Å². The summed E-state index contributed by atoms with van der Waals surface area (Å²) in [5, 5.41) is 10.4. The SMILES string of the molecule is COc1cc(Cl)cc(C(O)CN)c1C(C)C. The first-order valence-electron chi connectivity index (χ1n) is 5.26. The molecule has 0 bridgehead atoms. The van der Waals surface area contributed by atoms with Crippen molar-refractivity contribution in [2.45, 2.75) is 25.9 Å². The first kappa shape index (κ1) is 13.3. The minimum Gasteiger partial charge on any atom is -0.496 e.